The van der Waals surface area contributed by atoms with E-state index in [1.165, 1.54) is 6.07 Å². The minimum Gasteiger partial charge on any atom is -0.497 e. The van der Waals surface area contributed by atoms with E-state index in [-0.39, 0.29) is 17.3 Å². The number of hydrogen-bond donors (Lipinski definition) is 1. The molecule has 0 spiro atoms. The van der Waals surface area contributed by atoms with E-state index < -0.39 is 22.1 Å². The molecule has 0 bridgehead atoms. The fourth-order valence-electron chi connectivity index (χ4n) is 4.36. The van der Waals surface area contributed by atoms with Crippen LogP contribution >= 0.6 is 0 Å². The summed E-state index contributed by atoms with van der Waals surface area (Å²) in [6.07, 6.45) is 0.527. The number of carbonyl (C=O) groups excluding carboxylic acids is 2. The van der Waals surface area contributed by atoms with Crippen molar-refractivity contribution >= 4 is 27.6 Å². The number of nitrogens with one attached hydrogen (secondary N) is 1. The van der Waals surface area contributed by atoms with Gasteiger partial charge < -0.3 is 15.0 Å². The van der Waals surface area contributed by atoms with E-state index in [1.54, 1.807) is 48.4 Å². The van der Waals surface area contributed by atoms with Crippen molar-refractivity contribution in [1.29, 1.82) is 0 Å². The molecule has 1 atom stereocenters. The molecular formula is C25H23N3O5S. The van der Waals surface area contributed by atoms with Crippen LogP contribution in [0.5, 0.6) is 5.75 Å². The van der Waals surface area contributed by atoms with Crippen LogP contribution in [0, 0.1) is 0 Å². The van der Waals surface area contributed by atoms with Crippen molar-refractivity contribution in [3.63, 3.8) is 0 Å². The molecule has 1 saturated heterocycles. The van der Waals surface area contributed by atoms with Crippen molar-refractivity contribution in [3.8, 4) is 5.75 Å². The van der Waals surface area contributed by atoms with Crippen LogP contribution in [-0.2, 0) is 16.4 Å². The molecule has 2 aliphatic rings. The van der Waals surface area contributed by atoms with Crippen LogP contribution in [0.15, 0.2) is 77.7 Å². The van der Waals surface area contributed by atoms with Crippen LogP contribution in [0.2, 0.25) is 0 Å². The number of urea groups is 1. The van der Waals surface area contributed by atoms with E-state index in [0.29, 0.717) is 30.0 Å². The van der Waals surface area contributed by atoms with E-state index in [4.69, 9.17) is 4.74 Å². The second-order valence-corrected chi connectivity index (χ2v) is 10.0. The topological polar surface area (TPSA) is 96.0 Å². The van der Waals surface area contributed by atoms with Crippen LogP contribution < -0.4 is 15.0 Å². The predicted molar refractivity (Wildman–Crippen MR) is 126 cm³/mol. The lowest BCUT2D eigenvalue weighted by Crippen LogP contribution is -2.34. The van der Waals surface area contributed by atoms with Gasteiger partial charge in [0.1, 0.15) is 5.75 Å². The van der Waals surface area contributed by atoms with Crippen molar-refractivity contribution in [2.45, 2.75) is 17.4 Å². The summed E-state index contributed by atoms with van der Waals surface area (Å²) >= 11 is 0. The Bertz CT molecular complexity index is 1360. The molecule has 3 aromatic rings. The first-order valence-corrected chi connectivity index (χ1v) is 12.3. The van der Waals surface area contributed by atoms with Gasteiger partial charge >= 0.3 is 6.03 Å². The van der Waals surface area contributed by atoms with Gasteiger partial charge in [-0.2, -0.15) is 0 Å². The Morgan fingerprint density at radius 3 is 2.47 bits per heavy atom. The molecule has 0 aliphatic carbocycles. The van der Waals surface area contributed by atoms with Crippen LogP contribution in [-0.4, -0.2) is 44.9 Å². The van der Waals surface area contributed by atoms with Crippen molar-refractivity contribution < 1.29 is 22.7 Å². The average Bonchev–Trinajstić information content (AvgIpc) is 3.48. The first-order chi connectivity index (χ1) is 16.4. The molecular weight excluding hydrogens is 454 g/mol. The highest BCUT2D eigenvalue weighted by Crippen LogP contribution is 2.33. The van der Waals surface area contributed by atoms with Gasteiger partial charge in [-0.3, -0.25) is 4.79 Å². The second kappa shape index (κ2) is 8.49. The quantitative estimate of drug-likeness (QED) is 0.608. The van der Waals surface area contributed by atoms with E-state index in [9.17, 15) is 18.0 Å². The summed E-state index contributed by atoms with van der Waals surface area (Å²) in [4.78, 5) is 27.2. The zero-order valence-corrected chi connectivity index (χ0v) is 19.3. The van der Waals surface area contributed by atoms with Gasteiger partial charge in [0.05, 0.1) is 24.6 Å². The van der Waals surface area contributed by atoms with E-state index in [1.807, 2.05) is 30.3 Å². The minimum absolute atomic E-state index is 0.0182. The van der Waals surface area contributed by atoms with Gasteiger partial charge in [0.15, 0.2) is 0 Å². The van der Waals surface area contributed by atoms with E-state index >= 15 is 0 Å². The number of fused-ring (bicyclic) bond motifs is 1. The molecule has 1 unspecified atom stereocenters. The standard InChI is InChI=1S/C25H23N3O5S/c1-33-20-9-7-18(8-10-20)24(29)27-14-13-19-15-21(11-12-23(19)27)34(31,32)28-16-22(26-25(28)30)17-5-3-2-4-6-17/h2-12,15,22H,13-14,16H2,1H3,(H,26,30). The number of nitrogens with zero attached hydrogens (tertiary/aromatic N) is 2. The number of benzene rings is 3. The first kappa shape index (κ1) is 22.0. The van der Waals surface area contributed by atoms with Gasteiger partial charge in [0, 0.05) is 17.8 Å². The lowest BCUT2D eigenvalue weighted by molar-refractivity contribution is 0.0989. The fourth-order valence-corrected chi connectivity index (χ4v) is 5.77. The molecule has 0 saturated carbocycles. The highest BCUT2D eigenvalue weighted by Gasteiger charge is 2.39. The molecule has 1 fully saturated rings. The van der Waals surface area contributed by atoms with Crippen molar-refractivity contribution in [2.24, 2.45) is 0 Å². The predicted octanol–water partition coefficient (Wildman–Crippen LogP) is 3.35. The zero-order chi connectivity index (χ0) is 23.9. The number of anilines is 1. The largest absolute Gasteiger partial charge is 0.497 e. The Hall–Kier alpha value is -3.85. The van der Waals surface area contributed by atoms with Gasteiger partial charge in [-0.25, -0.2) is 17.5 Å². The van der Waals surface area contributed by atoms with Crippen LogP contribution in [0.25, 0.3) is 0 Å². The Kier molecular flexibility index (Phi) is 5.49. The van der Waals surface area contributed by atoms with Gasteiger partial charge in [0.2, 0.25) is 0 Å². The molecule has 1 N–H and O–H groups in total. The summed E-state index contributed by atoms with van der Waals surface area (Å²) < 4.78 is 32.6. The Morgan fingerprint density at radius 1 is 1.03 bits per heavy atom. The summed E-state index contributed by atoms with van der Waals surface area (Å²) in [6.45, 7) is 0.467. The number of carbonyl (C=O) groups is 2. The van der Waals surface area contributed by atoms with Gasteiger partial charge in [-0.05, 0) is 60.0 Å². The molecule has 5 rings (SSSR count). The van der Waals surface area contributed by atoms with Crippen LogP contribution in [0.4, 0.5) is 10.5 Å². The molecule has 174 valence electrons. The number of hydrogen-bond acceptors (Lipinski definition) is 5. The number of sulfonamides is 1. The molecule has 0 aromatic heterocycles. The third-order valence-electron chi connectivity index (χ3n) is 6.19. The molecule has 3 amide bonds. The average molecular weight is 478 g/mol. The SMILES string of the molecule is COc1ccc(C(=O)N2CCc3cc(S(=O)(=O)N4CC(c5ccccc5)NC4=O)ccc32)cc1. The highest BCUT2D eigenvalue weighted by molar-refractivity contribution is 7.89. The summed E-state index contributed by atoms with van der Waals surface area (Å²) in [5.74, 6) is 0.496. The minimum atomic E-state index is -4.04. The van der Waals surface area contributed by atoms with Gasteiger partial charge in [-0.15, -0.1) is 0 Å². The highest BCUT2D eigenvalue weighted by atomic mass is 32.2. The smallest absolute Gasteiger partial charge is 0.331 e. The molecule has 2 heterocycles. The molecule has 34 heavy (non-hydrogen) atoms. The number of ether oxygens (including phenoxy) is 1. The maximum Gasteiger partial charge on any atom is 0.331 e. The summed E-state index contributed by atoms with van der Waals surface area (Å²) in [5, 5.41) is 2.74. The fraction of sp³-hybridized carbons (Fsp3) is 0.200. The Balaban J connectivity index is 1.38. The van der Waals surface area contributed by atoms with Crippen LogP contribution in [0.3, 0.4) is 0 Å². The third-order valence-corrected chi connectivity index (χ3v) is 7.94. The van der Waals surface area contributed by atoms with Crippen molar-refractivity contribution in [2.75, 3.05) is 25.1 Å². The normalized spacial score (nSPS) is 17.4. The third kappa shape index (κ3) is 3.77. The lowest BCUT2D eigenvalue weighted by atomic mass is 10.1. The summed E-state index contributed by atoms with van der Waals surface area (Å²) in [6, 6.07) is 19.7. The van der Waals surface area contributed by atoms with E-state index in [0.717, 1.165) is 15.4 Å². The van der Waals surface area contributed by atoms with Gasteiger partial charge in [0.25, 0.3) is 15.9 Å². The Labute approximate surface area is 197 Å². The number of rotatable bonds is 5. The molecule has 9 heteroatoms. The maximum atomic E-state index is 13.3. The molecule has 0 radical (unpaired) electrons. The van der Waals surface area contributed by atoms with Crippen molar-refractivity contribution in [3.05, 3.63) is 89.5 Å². The van der Waals surface area contributed by atoms with Gasteiger partial charge in [-0.1, -0.05) is 30.3 Å². The Morgan fingerprint density at radius 2 is 1.76 bits per heavy atom. The van der Waals surface area contributed by atoms with Crippen LogP contribution in [0.1, 0.15) is 27.5 Å². The first-order valence-electron chi connectivity index (χ1n) is 10.9. The second-order valence-electron chi connectivity index (χ2n) is 8.17. The molecule has 3 aromatic carbocycles. The summed E-state index contributed by atoms with van der Waals surface area (Å²) in [7, 11) is -2.48. The van der Waals surface area contributed by atoms with Crippen molar-refractivity contribution in [1.82, 2.24) is 9.62 Å². The number of amides is 3. The molecule has 2 aliphatic heterocycles. The zero-order valence-electron chi connectivity index (χ0n) is 18.5. The number of methoxy groups -OCH3 is 1. The van der Waals surface area contributed by atoms with E-state index in [2.05, 4.69) is 5.32 Å². The monoisotopic (exact) mass is 477 g/mol. The maximum absolute atomic E-state index is 13.3. The lowest BCUT2D eigenvalue weighted by Gasteiger charge is -2.19. The summed E-state index contributed by atoms with van der Waals surface area (Å²) in [5.41, 5.74) is 2.79. The molecule has 8 nitrogen and oxygen atoms in total.